The Bertz CT molecular complexity index is 216. The molecule has 0 radical (unpaired) electrons. The number of carbonyl (C=O) groups is 1. The van der Waals surface area contributed by atoms with Crippen molar-refractivity contribution in [3.8, 4) is 0 Å². The van der Waals surface area contributed by atoms with Gasteiger partial charge in [-0.05, 0) is 19.9 Å². The zero-order valence-electron chi connectivity index (χ0n) is 10.1. The molecule has 0 heterocycles. The second-order valence-electron chi connectivity index (χ2n) is 4.63. The summed E-state index contributed by atoms with van der Waals surface area (Å²) in [5.74, 6) is -0.448. The summed E-state index contributed by atoms with van der Waals surface area (Å²) in [6.07, 6.45) is 5.35. The van der Waals surface area contributed by atoms with Crippen LogP contribution in [-0.4, -0.2) is 49.6 Å². The summed E-state index contributed by atoms with van der Waals surface area (Å²) in [5, 5.41) is 3.15. The molecule has 0 bridgehead atoms. The van der Waals surface area contributed by atoms with Crippen molar-refractivity contribution in [2.45, 2.75) is 37.8 Å². The number of amides is 1. The number of nitrogens with one attached hydrogen (secondary N) is 1. The third-order valence-corrected chi connectivity index (χ3v) is 3.32. The van der Waals surface area contributed by atoms with Crippen molar-refractivity contribution in [3.63, 3.8) is 0 Å². The van der Waals surface area contributed by atoms with Crippen LogP contribution in [0.3, 0.4) is 0 Å². The standard InChI is InChI=1S/C11H24N4O/c1-15(9-4-2-3-5-9)7-6-14-8-10(12)11(13)16/h9-10,14H,2-8,12H2,1H3,(H2,13,16). The first kappa shape index (κ1) is 13.4. The summed E-state index contributed by atoms with van der Waals surface area (Å²) < 4.78 is 0. The molecule has 0 aromatic heterocycles. The summed E-state index contributed by atoms with van der Waals surface area (Å²) >= 11 is 0. The van der Waals surface area contributed by atoms with Crippen LogP contribution in [0.25, 0.3) is 0 Å². The fraction of sp³-hybridized carbons (Fsp3) is 0.909. The van der Waals surface area contributed by atoms with E-state index < -0.39 is 11.9 Å². The molecule has 5 nitrogen and oxygen atoms in total. The van der Waals surface area contributed by atoms with E-state index in [0.29, 0.717) is 6.54 Å². The number of rotatable bonds is 7. The molecule has 1 atom stereocenters. The Labute approximate surface area is 97.5 Å². The molecule has 1 fully saturated rings. The van der Waals surface area contributed by atoms with Crippen LogP contribution in [0.4, 0.5) is 0 Å². The summed E-state index contributed by atoms with van der Waals surface area (Å²) in [6, 6.07) is 0.170. The molecular weight excluding hydrogens is 204 g/mol. The Morgan fingerprint density at radius 2 is 2.12 bits per heavy atom. The molecule has 16 heavy (non-hydrogen) atoms. The summed E-state index contributed by atoms with van der Waals surface area (Å²) in [4.78, 5) is 13.1. The summed E-state index contributed by atoms with van der Waals surface area (Å²) in [7, 11) is 2.16. The van der Waals surface area contributed by atoms with Crippen molar-refractivity contribution >= 4 is 5.91 Å². The average Bonchev–Trinajstić information content (AvgIpc) is 2.76. The van der Waals surface area contributed by atoms with Gasteiger partial charge < -0.3 is 21.7 Å². The maximum atomic E-state index is 10.7. The first-order valence-corrected chi connectivity index (χ1v) is 6.07. The molecule has 5 heteroatoms. The minimum absolute atomic E-state index is 0.448. The SMILES string of the molecule is CN(CCNCC(N)C(N)=O)C1CCCC1. The topological polar surface area (TPSA) is 84.4 Å². The van der Waals surface area contributed by atoms with Gasteiger partial charge in [0.1, 0.15) is 0 Å². The fourth-order valence-corrected chi connectivity index (χ4v) is 2.14. The quantitative estimate of drug-likeness (QED) is 0.501. The van der Waals surface area contributed by atoms with Crippen molar-refractivity contribution in [1.82, 2.24) is 10.2 Å². The van der Waals surface area contributed by atoms with E-state index in [1.54, 1.807) is 0 Å². The maximum Gasteiger partial charge on any atom is 0.235 e. The van der Waals surface area contributed by atoms with E-state index in [4.69, 9.17) is 11.5 Å². The van der Waals surface area contributed by atoms with Crippen LogP contribution in [0.1, 0.15) is 25.7 Å². The van der Waals surface area contributed by atoms with Gasteiger partial charge in [0.15, 0.2) is 0 Å². The molecule has 0 aromatic carbocycles. The molecule has 1 aliphatic rings. The van der Waals surface area contributed by atoms with Crippen molar-refractivity contribution < 1.29 is 4.79 Å². The molecule has 1 amide bonds. The molecule has 1 unspecified atom stereocenters. The number of hydrogen-bond donors (Lipinski definition) is 3. The van der Waals surface area contributed by atoms with Crippen molar-refractivity contribution in [3.05, 3.63) is 0 Å². The molecule has 94 valence electrons. The number of carbonyl (C=O) groups excluding carboxylic acids is 1. The Balaban J connectivity index is 2.04. The molecule has 1 rings (SSSR count). The predicted octanol–water partition coefficient (Wildman–Crippen LogP) is -0.737. The Morgan fingerprint density at radius 3 is 2.69 bits per heavy atom. The fourth-order valence-electron chi connectivity index (χ4n) is 2.14. The zero-order valence-corrected chi connectivity index (χ0v) is 10.1. The van der Waals surface area contributed by atoms with Crippen LogP contribution in [-0.2, 0) is 4.79 Å². The van der Waals surface area contributed by atoms with Gasteiger partial charge in [-0.1, -0.05) is 12.8 Å². The van der Waals surface area contributed by atoms with E-state index in [0.717, 1.165) is 19.1 Å². The van der Waals surface area contributed by atoms with Gasteiger partial charge in [-0.2, -0.15) is 0 Å². The van der Waals surface area contributed by atoms with Crippen LogP contribution in [0.2, 0.25) is 0 Å². The van der Waals surface area contributed by atoms with E-state index in [-0.39, 0.29) is 0 Å². The van der Waals surface area contributed by atoms with Crippen molar-refractivity contribution in [2.24, 2.45) is 11.5 Å². The van der Waals surface area contributed by atoms with Gasteiger partial charge >= 0.3 is 0 Å². The van der Waals surface area contributed by atoms with Gasteiger partial charge in [0.25, 0.3) is 0 Å². The Kier molecular flexibility index (Phi) is 5.73. The zero-order chi connectivity index (χ0) is 12.0. The number of likely N-dealkylation sites (N-methyl/N-ethyl adjacent to an activating group) is 1. The average molecular weight is 228 g/mol. The highest BCUT2D eigenvalue weighted by atomic mass is 16.1. The largest absolute Gasteiger partial charge is 0.368 e. The first-order valence-electron chi connectivity index (χ1n) is 6.07. The third-order valence-electron chi connectivity index (χ3n) is 3.32. The van der Waals surface area contributed by atoms with Gasteiger partial charge in [0.05, 0.1) is 6.04 Å². The third kappa shape index (κ3) is 4.47. The smallest absolute Gasteiger partial charge is 0.235 e. The highest BCUT2D eigenvalue weighted by molar-refractivity contribution is 5.79. The molecule has 0 saturated heterocycles. The lowest BCUT2D eigenvalue weighted by molar-refractivity contribution is -0.119. The monoisotopic (exact) mass is 228 g/mol. The number of hydrogen-bond acceptors (Lipinski definition) is 4. The van der Waals surface area contributed by atoms with Crippen LogP contribution in [0, 0.1) is 0 Å². The van der Waals surface area contributed by atoms with Crippen molar-refractivity contribution in [1.29, 1.82) is 0 Å². The molecule has 0 spiro atoms. The minimum atomic E-state index is -0.572. The highest BCUT2D eigenvalue weighted by Crippen LogP contribution is 2.21. The molecule has 1 saturated carbocycles. The molecular formula is C11H24N4O. The molecule has 1 aliphatic carbocycles. The minimum Gasteiger partial charge on any atom is -0.368 e. The van der Waals surface area contributed by atoms with E-state index in [1.165, 1.54) is 25.7 Å². The molecule has 0 aliphatic heterocycles. The van der Waals surface area contributed by atoms with Crippen molar-refractivity contribution in [2.75, 3.05) is 26.7 Å². The van der Waals surface area contributed by atoms with Crippen LogP contribution >= 0.6 is 0 Å². The van der Waals surface area contributed by atoms with Gasteiger partial charge in [-0.25, -0.2) is 0 Å². The number of nitrogens with zero attached hydrogens (tertiary/aromatic N) is 1. The van der Waals surface area contributed by atoms with Gasteiger partial charge in [0, 0.05) is 25.7 Å². The van der Waals surface area contributed by atoms with Gasteiger partial charge in [0.2, 0.25) is 5.91 Å². The highest BCUT2D eigenvalue weighted by Gasteiger charge is 2.18. The van der Waals surface area contributed by atoms with E-state index >= 15 is 0 Å². The normalized spacial score (nSPS) is 19.2. The first-order chi connectivity index (χ1) is 7.61. The van der Waals surface area contributed by atoms with E-state index in [9.17, 15) is 4.79 Å². The Morgan fingerprint density at radius 1 is 1.50 bits per heavy atom. The lowest BCUT2D eigenvalue weighted by atomic mass is 10.2. The lowest BCUT2D eigenvalue weighted by Crippen LogP contribution is -2.46. The predicted molar refractivity (Wildman–Crippen MR) is 64.9 cm³/mol. The van der Waals surface area contributed by atoms with E-state index in [2.05, 4.69) is 17.3 Å². The van der Waals surface area contributed by atoms with Gasteiger partial charge in [-0.15, -0.1) is 0 Å². The molecule has 0 aromatic rings. The number of primary amides is 1. The van der Waals surface area contributed by atoms with Crippen LogP contribution in [0.15, 0.2) is 0 Å². The second kappa shape index (κ2) is 6.83. The molecule has 5 N–H and O–H groups in total. The summed E-state index contributed by atoms with van der Waals surface area (Å²) in [5.41, 5.74) is 10.6. The summed E-state index contributed by atoms with van der Waals surface area (Å²) in [6.45, 7) is 2.32. The van der Waals surface area contributed by atoms with Crippen LogP contribution in [0.5, 0.6) is 0 Å². The van der Waals surface area contributed by atoms with Crippen LogP contribution < -0.4 is 16.8 Å². The second-order valence-corrected chi connectivity index (χ2v) is 4.63. The Hall–Kier alpha value is -0.650. The lowest BCUT2D eigenvalue weighted by Gasteiger charge is -2.24. The maximum absolute atomic E-state index is 10.7. The number of nitrogens with two attached hydrogens (primary N) is 2. The van der Waals surface area contributed by atoms with E-state index in [1.807, 2.05) is 0 Å². The van der Waals surface area contributed by atoms with Gasteiger partial charge in [-0.3, -0.25) is 4.79 Å².